The molecule has 1 fully saturated rings. The van der Waals surface area contributed by atoms with Crippen LogP contribution in [0.15, 0.2) is 17.3 Å². The van der Waals surface area contributed by atoms with Crippen LogP contribution in [-0.2, 0) is 16.6 Å². The molecule has 1 saturated carbocycles. The van der Waals surface area contributed by atoms with E-state index in [0.29, 0.717) is 0 Å². The third kappa shape index (κ3) is 4.47. The van der Waals surface area contributed by atoms with Gasteiger partial charge in [-0.2, -0.15) is 5.10 Å². The van der Waals surface area contributed by atoms with Crippen molar-refractivity contribution < 1.29 is 17.2 Å². The van der Waals surface area contributed by atoms with Gasteiger partial charge in [0.15, 0.2) is 0 Å². The molecule has 1 aliphatic carbocycles. The summed E-state index contributed by atoms with van der Waals surface area (Å²) in [6.07, 6.45) is 4.85. The maximum absolute atomic E-state index is 12.3. The van der Waals surface area contributed by atoms with E-state index in [1.54, 1.807) is 0 Å². The summed E-state index contributed by atoms with van der Waals surface area (Å²) < 4.78 is 52.8. The fraction of sp³-hybridized carbons (Fsp3) is 0.769. The average Bonchev–Trinajstić information content (AvgIpc) is 2.94. The molecule has 6 nitrogen and oxygen atoms in total. The normalized spacial score (nSPS) is 18.7. The van der Waals surface area contributed by atoms with E-state index < -0.39 is 23.0 Å². The largest absolute Gasteiger partial charge is 0.329 e. The minimum atomic E-state index is -3.79. The van der Waals surface area contributed by atoms with Crippen molar-refractivity contribution in [3.8, 4) is 0 Å². The lowest BCUT2D eigenvalue weighted by atomic mass is 9.84. The Labute approximate surface area is 129 Å². The monoisotopic (exact) mass is 336 g/mol. The Morgan fingerprint density at radius 2 is 2.05 bits per heavy atom. The zero-order chi connectivity index (χ0) is 16.2. The molecule has 0 radical (unpaired) electrons. The van der Waals surface area contributed by atoms with Crippen LogP contribution >= 0.6 is 0 Å². The van der Waals surface area contributed by atoms with Gasteiger partial charge in [0.2, 0.25) is 10.0 Å². The molecule has 0 aromatic carbocycles. The van der Waals surface area contributed by atoms with Crippen molar-refractivity contribution in [1.82, 2.24) is 14.5 Å². The van der Waals surface area contributed by atoms with E-state index in [4.69, 9.17) is 5.73 Å². The van der Waals surface area contributed by atoms with E-state index in [9.17, 15) is 17.2 Å². The van der Waals surface area contributed by atoms with Gasteiger partial charge in [-0.1, -0.05) is 19.3 Å². The van der Waals surface area contributed by atoms with Gasteiger partial charge in [0, 0.05) is 18.8 Å². The third-order valence-electron chi connectivity index (χ3n) is 4.02. The summed E-state index contributed by atoms with van der Waals surface area (Å²) in [7, 11) is -3.79. The highest BCUT2D eigenvalue weighted by molar-refractivity contribution is 7.89. The topological polar surface area (TPSA) is 90.0 Å². The van der Waals surface area contributed by atoms with Gasteiger partial charge in [0.05, 0.1) is 6.20 Å². The van der Waals surface area contributed by atoms with E-state index in [1.165, 1.54) is 6.42 Å². The first-order chi connectivity index (χ1) is 10.4. The molecule has 0 bridgehead atoms. The SMILES string of the molecule is NCC(NS(=O)(=O)c1cnn(CC(F)F)c1)C1CCCCC1. The highest BCUT2D eigenvalue weighted by atomic mass is 32.2. The molecule has 1 heterocycles. The summed E-state index contributed by atoms with van der Waals surface area (Å²) >= 11 is 0. The molecule has 0 spiro atoms. The molecule has 9 heteroatoms. The lowest BCUT2D eigenvalue weighted by Gasteiger charge is -2.29. The van der Waals surface area contributed by atoms with Gasteiger partial charge in [0.1, 0.15) is 11.4 Å². The number of sulfonamides is 1. The number of nitrogens with zero attached hydrogens (tertiary/aromatic N) is 2. The Bertz CT molecular complexity index is 570. The lowest BCUT2D eigenvalue weighted by molar-refractivity contribution is 0.121. The van der Waals surface area contributed by atoms with Crippen LogP contribution in [0.25, 0.3) is 0 Å². The highest BCUT2D eigenvalue weighted by Gasteiger charge is 2.28. The number of nitrogens with one attached hydrogen (secondary N) is 1. The van der Waals surface area contributed by atoms with Crippen LogP contribution in [0.3, 0.4) is 0 Å². The number of hydrogen-bond acceptors (Lipinski definition) is 4. The molecule has 22 heavy (non-hydrogen) atoms. The van der Waals surface area contributed by atoms with E-state index in [2.05, 4.69) is 9.82 Å². The first kappa shape index (κ1) is 17.3. The Morgan fingerprint density at radius 3 is 2.64 bits per heavy atom. The highest BCUT2D eigenvalue weighted by Crippen LogP contribution is 2.27. The summed E-state index contributed by atoms with van der Waals surface area (Å²) in [5.74, 6) is 0.227. The van der Waals surface area contributed by atoms with Crippen LogP contribution in [0, 0.1) is 5.92 Å². The van der Waals surface area contributed by atoms with Crippen LogP contribution in [0.1, 0.15) is 32.1 Å². The Balaban J connectivity index is 2.06. The van der Waals surface area contributed by atoms with Crippen LogP contribution in [0.2, 0.25) is 0 Å². The van der Waals surface area contributed by atoms with Crippen molar-refractivity contribution in [3.63, 3.8) is 0 Å². The van der Waals surface area contributed by atoms with Crippen molar-refractivity contribution >= 4 is 10.0 Å². The van der Waals surface area contributed by atoms with E-state index in [-0.39, 0.29) is 23.4 Å². The van der Waals surface area contributed by atoms with E-state index >= 15 is 0 Å². The zero-order valence-electron chi connectivity index (χ0n) is 12.3. The van der Waals surface area contributed by atoms with Crippen LogP contribution in [0.4, 0.5) is 8.78 Å². The molecule has 3 N–H and O–H groups in total. The molecule has 1 aromatic rings. The number of nitrogens with two attached hydrogens (primary N) is 1. The van der Waals surface area contributed by atoms with E-state index in [0.717, 1.165) is 42.8 Å². The van der Waals surface area contributed by atoms with Gasteiger partial charge in [-0.15, -0.1) is 0 Å². The summed E-state index contributed by atoms with van der Waals surface area (Å²) in [6, 6.07) is -0.330. The van der Waals surface area contributed by atoms with Crippen molar-refractivity contribution in [1.29, 1.82) is 0 Å². The van der Waals surface area contributed by atoms with E-state index in [1.807, 2.05) is 0 Å². The third-order valence-corrected chi connectivity index (χ3v) is 5.47. The number of alkyl halides is 2. The summed E-state index contributed by atoms with van der Waals surface area (Å²) in [5, 5.41) is 3.65. The van der Waals surface area contributed by atoms with Gasteiger partial charge in [-0.25, -0.2) is 21.9 Å². The zero-order valence-corrected chi connectivity index (χ0v) is 13.1. The molecular weight excluding hydrogens is 314 g/mol. The summed E-state index contributed by atoms with van der Waals surface area (Å²) in [4.78, 5) is -0.109. The second-order valence-corrected chi connectivity index (χ2v) is 7.36. The quantitative estimate of drug-likeness (QED) is 0.786. The molecule has 1 unspecified atom stereocenters. The second kappa shape index (κ2) is 7.47. The molecule has 0 amide bonds. The minimum absolute atomic E-state index is 0.109. The first-order valence-electron chi connectivity index (χ1n) is 7.45. The molecule has 1 atom stereocenters. The van der Waals surface area contributed by atoms with Crippen molar-refractivity contribution in [2.75, 3.05) is 6.54 Å². The fourth-order valence-corrected chi connectivity index (χ4v) is 4.13. The Hall–Kier alpha value is -1.06. The average molecular weight is 336 g/mol. The molecule has 0 saturated heterocycles. The molecule has 1 aliphatic rings. The van der Waals surface area contributed by atoms with Crippen LogP contribution < -0.4 is 10.5 Å². The van der Waals surface area contributed by atoms with Crippen LogP contribution in [-0.4, -0.2) is 37.2 Å². The van der Waals surface area contributed by atoms with Gasteiger partial charge >= 0.3 is 0 Å². The van der Waals surface area contributed by atoms with Crippen molar-refractivity contribution in [2.45, 2.75) is 56.0 Å². The minimum Gasteiger partial charge on any atom is -0.329 e. The lowest BCUT2D eigenvalue weighted by Crippen LogP contribution is -2.45. The molecule has 2 rings (SSSR count). The first-order valence-corrected chi connectivity index (χ1v) is 8.93. The standard InChI is InChI=1S/C13H22F2N4O2S/c14-13(15)9-19-8-11(7-17-19)22(20,21)18-12(6-16)10-4-2-1-3-5-10/h7-8,10,12-13,18H,1-6,9,16H2. The predicted molar refractivity (Wildman–Crippen MR) is 78.0 cm³/mol. The van der Waals surface area contributed by atoms with Gasteiger partial charge in [-0.05, 0) is 18.8 Å². The predicted octanol–water partition coefficient (Wildman–Crippen LogP) is 1.33. The van der Waals surface area contributed by atoms with Gasteiger partial charge < -0.3 is 5.73 Å². The van der Waals surface area contributed by atoms with Crippen molar-refractivity contribution in [3.05, 3.63) is 12.4 Å². The molecular formula is C13H22F2N4O2S. The van der Waals surface area contributed by atoms with Gasteiger partial charge in [0.25, 0.3) is 6.43 Å². The summed E-state index contributed by atoms with van der Waals surface area (Å²) in [5.41, 5.74) is 5.71. The Morgan fingerprint density at radius 1 is 1.36 bits per heavy atom. The molecule has 0 aliphatic heterocycles. The number of rotatable bonds is 7. The smallest absolute Gasteiger partial charge is 0.257 e. The number of hydrogen-bond donors (Lipinski definition) is 2. The van der Waals surface area contributed by atoms with Crippen molar-refractivity contribution in [2.24, 2.45) is 11.7 Å². The fourth-order valence-electron chi connectivity index (χ4n) is 2.87. The molecule has 126 valence electrons. The number of halogens is 2. The summed E-state index contributed by atoms with van der Waals surface area (Å²) in [6.45, 7) is -0.409. The second-order valence-electron chi connectivity index (χ2n) is 5.65. The maximum atomic E-state index is 12.3. The Kier molecular flexibility index (Phi) is 5.87. The number of aromatic nitrogens is 2. The van der Waals surface area contributed by atoms with Gasteiger partial charge in [-0.3, -0.25) is 4.68 Å². The maximum Gasteiger partial charge on any atom is 0.257 e. The molecule has 1 aromatic heterocycles. The van der Waals surface area contributed by atoms with Crippen LogP contribution in [0.5, 0.6) is 0 Å².